The Labute approximate surface area is 665 Å². The number of benzene rings is 6. The van der Waals surface area contributed by atoms with Crippen molar-refractivity contribution in [2.45, 2.75) is 172 Å². The Balaban J connectivity index is 0.000000153. The fourth-order valence-electron chi connectivity index (χ4n) is 18.1. The Morgan fingerprint density at radius 1 is 0.357 bits per heavy atom. The lowest BCUT2D eigenvalue weighted by Gasteiger charge is -2.44. The van der Waals surface area contributed by atoms with Crippen LogP contribution in [0.15, 0.2) is 182 Å². The number of piperazine rings is 4. The highest BCUT2D eigenvalue weighted by Crippen LogP contribution is 2.35. The molecule has 604 valence electrons. The highest BCUT2D eigenvalue weighted by Gasteiger charge is 2.41. The van der Waals surface area contributed by atoms with Gasteiger partial charge in [-0.3, -0.25) is 67.9 Å². The number of hydrogen-bond acceptors (Lipinski definition) is 16. The van der Waals surface area contributed by atoms with Gasteiger partial charge >= 0.3 is 5.97 Å². The Kier molecular flexibility index (Phi) is 34.8. The number of nitrogens with one attached hydrogen (secondary N) is 3. The molecule has 4 heterocycles. The van der Waals surface area contributed by atoms with Crippen LogP contribution in [0.25, 0.3) is 0 Å². The zero-order valence-corrected chi connectivity index (χ0v) is 66.2. The van der Waals surface area contributed by atoms with Crippen molar-refractivity contribution < 1.29 is 38.7 Å². The van der Waals surface area contributed by atoms with E-state index in [-0.39, 0.29) is 53.6 Å². The van der Waals surface area contributed by atoms with Crippen molar-refractivity contribution in [3.05, 3.63) is 215 Å². The second-order valence-corrected chi connectivity index (χ2v) is 31.8. The molecule has 4 saturated heterocycles. The van der Waals surface area contributed by atoms with Crippen molar-refractivity contribution in [3.63, 3.8) is 0 Å². The molecule has 6 aromatic rings. The van der Waals surface area contributed by atoms with Gasteiger partial charge in [-0.15, -0.1) is 0 Å². The molecule has 0 aromatic heterocycles. The lowest BCUT2D eigenvalue weighted by atomic mass is 9.81. The number of rotatable bonds is 22. The predicted octanol–water partition coefficient (Wildman–Crippen LogP) is 9.07. The summed E-state index contributed by atoms with van der Waals surface area (Å²) in [5.41, 5.74) is 28.0. The minimum absolute atomic E-state index is 0.0455. The lowest BCUT2D eigenvalue weighted by Crippen LogP contribution is -2.55. The fraction of sp³-hybridized carbons (Fsp3) is 0.522. The monoisotopic (exact) mass is 1530 g/mol. The molecule has 4 saturated carbocycles. The molecule has 14 rings (SSSR count). The molecule has 12 N–H and O–H groups in total. The predicted molar refractivity (Wildman–Crippen MR) is 441 cm³/mol. The lowest BCUT2D eigenvalue weighted by molar-refractivity contribution is -0.146. The molecule has 11 atom stereocenters. The molecule has 22 heteroatoms. The van der Waals surface area contributed by atoms with E-state index < -0.39 is 41.8 Å². The van der Waals surface area contributed by atoms with E-state index in [0.29, 0.717) is 11.8 Å². The summed E-state index contributed by atoms with van der Waals surface area (Å²) in [6, 6.07) is 58.4. The number of primary amides is 3. The molecule has 8 aliphatic rings. The summed E-state index contributed by atoms with van der Waals surface area (Å²) in [4.78, 5) is 102. The first-order valence-corrected chi connectivity index (χ1v) is 41.6. The van der Waals surface area contributed by atoms with E-state index in [1.165, 1.54) is 42.4 Å². The topological polar surface area (TPSA) is 303 Å². The van der Waals surface area contributed by atoms with Gasteiger partial charge in [0.05, 0.1) is 17.8 Å². The highest BCUT2D eigenvalue weighted by atomic mass is 16.4. The number of carboxylic acids is 1. The minimum atomic E-state index is -0.783. The van der Waals surface area contributed by atoms with E-state index >= 15 is 0 Å². The van der Waals surface area contributed by atoms with Crippen LogP contribution in [0, 0.1) is 23.7 Å². The molecule has 8 unspecified atom stereocenters. The van der Waals surface area contributed by atoms with Crippen molar-refractivity contribution in [2.75, 3.05) is 105 Å². The summed E-state index contributed by atoms with van der Waals surface area (Å²) in [6.07, 6.45) is 17.2. The summed E-state index contributed by atoms with van der Waals surface area (Å²) in [5, 5.41) is 18.7. The van der Waals surface area contributed by atoms with Crippen LogP contribution >= 0.6 is 0 Å². The summed E-state index contributed by atoms with van der Waals surface area (Å²) >= 11 is 0. The number of carbonyl (C=O) groups is 7. The normalized spacial score (nSPS) is 24.6. The van der Waals surface area contributed by atoms with Crippen LogP contribution < -0.4 is 38.9 Å². The van der Waals surface area contributed by atoms with Crippen LogP contribution in [0.1, 0.15) is 161 Å². The van der Waals surface area contributed by atoms with E-state index in [9.17, 15) is 38.7 Å². The molecule has 0 bridgehead atoms. The molecule has 112 heavy (non-hydrogen) atoms. The summed E-state index contributed by atoms with van der Waals surface area (Å²) < 4.78 is 0. The quantitative estimate of drug-likeness (QED) is 0.0314. The molecule has 0 spiro atoms. The van der Waals surface area contributed by atoms with Gasteiger partial charge in [0.15, 0.2) is 0 Å². The number of hydrogen-bond donors (Lipinski definition) is 8. The first-order chi connectivity index (χ1) is 54.5. The largest absolute Gasteiger partial charge is 0.481 e. The number of nitrogens with zero attached hydrogens (tertiary/aromatic N) is 7. The van der Waals surface area contributed by atoms with Gasteiger partial charge in [-0.2, -0.15) is 0 Å². The highest BCUT2D eigenvalue weighted by molar-refractivity contribution is 5.90. The van der Waals surface area contributed by atoms with E-state index in [1.807, 2.05) is 78.9 Å². The fourth-order valence-corrected chi connectivity index (χ4v) is 18.1. The molecule has 4 aliphatic heterocycles. The summed E-state index contributed by atoms with van der Waals surface area (Å²) in [6.45, 7) is 21.2. The molecule has 5 amide bonds. The van der Waals surface area contributed by atoms with E-state index in [1.54, 1.807) is 19.1 Å². The Bertz CT molecular complexity index is 3700. The molecular weight excluding hydrogens is 1410 g/mol. The first kappa shape index (κ1) is 85.9. The molecule has 8 fully saturated rings. The minimum Gasteiger partial charge on any atom is -0.481 e. The third-order valence-electron chi connectivity index (χ3n) is 24.3. The van der Waals surface area contributed by atoms with Gasteiger partial charge < -0.3 is 44.0 Å². The van der Waals surface area contributed by atoms with Gasteiger partial charge in [0.25, 0.3) is 0 Å². The van der Waals surface area contributed by atoms with Crippen LogP contribution in [0.5, 0.6) is 0 Å². The Morgan fingerprint density at radius 2 is 0.625 bits per heavy atom. The van der Waals surface area contributed by atoms with Gasteiger partial charge in [0.2, 0.25) is 29.5 Å². The number of aliphatic carboxylic acids is 1. The van der Waals surface area contributed by atoms with Gasteiger partial charge in [-0.1, -0.05) is 233 Å². The summed E-state index contributed by atoms with van der Waals surface area (Å²) in [7, 11) is 0. The number of carboxylic acid groups (broad SMARTS) is 1. The second-order valence-electron chi connectivity index (χ2n) is 31.8. The third kappa shape index (κ3) is 26.3. The van der Waals surface area contributed by atoms with Crippen molar-refractivity contribution in [1.82, 2.24) is 50.2 Å². The molecular formula is C90H126N14O8. The molecule has 4 aliphatic carbocycles. The van der Waals surface area contributed by atoms with Gasteiger partial charge in [0.1, 0.15) is 23.9 Å². The Hall–Kier alpha value is -8.55. The maximum Gasteiger partial charge on any atom is 0.308 e. The third-order valence-corrected chi connectivity index (χ3v) is 24.3. The number of Topliss-reactive ketones (excluding diaryl/α,β-unsaturated/α-hetero) is 1. The maximum absolute atomic E-state index is 13.3. The number of amides is 5. The van der Waals surface area contributed by atoms with Gasteiger partial charge in [-0.05, 0) is 91.7 Å². The zero-order chi connectivity index (χ0) is 79.0. The second kappa shape index (κ2) is 45.4. The first-order valence-electron chi connectivity index (χ1n) is 41.6. The van der Waals surface area contributed by atoms with Crippen LogP contribution in [-0.2, 0) is 53.2 Å². The van der Waals surface area contributed by atoms with Crippen LogP contribution in [-0.4, -0.2) is 210 Å². The van der Waals surface area contributed by atoms with Gasteiger partial charge in [-0.25, -0.2) is 0 Å². The number of ketones is 1. The van der Waals surface area contributed by atoms with Gasteiger partial charge in [0, 0.05) is 154 Å². The van der Waals surface area contributed by atoms with E-state index in [4.69, 9.17) is 22.9 Å². The van der Waals surface area contributed by atoms with Crippen molar-refractivity contribution in [3.8, 4) is 0 Å². The van der Waals surface area contributed by atoms with Crippen LogP contribution in [0.4, 0.5) is 0 Å². The Morgan fingerprint density at radius 3 is 0.929 bits per heavy atom. The number of carbonyl (C=O) groups excluding carboxylic acids is 6. The smallest absolute Gasteiger partial charge is 0.308 e. The molecule has 6 aromatic carbocycles. The summed E-state index contributed by atoms with van der Waals surface area (Å²) in [5.74, 6) is -1.88. The average Bonchev–Trinajstić information content (AvgIpc) is 0.856. The number of nitrogens with two attached hydrogens (primary N) is 4. The van der Waals surface area contributed by atoms with Crippen molar-refractivity contribution >= 4 is 41.3 Å². The van der Waals surface area contributed by atoms with Crippen molar-refractivity contribution in [2.24, 2.45) is 46.6 Å². The van der Waals surface area contributed by atoms with E-state index in [0.717, 1.165) is 218 Å². The SMILES string of the molecule is CC(=O)C1CCCCC1N1CCN(Cc2ccccc2)CC1.NC(=O)[C@@H](N)c1ccccc1.NC(=O)[C@@H](NC(=O)C1CCCCC1N1CCN(Cc2ccccc2)CC1)c1ccccc1.NC(=O)[C@@H](NC(=O)C1CCCCC1N1CCNCC1)c1ccccc1.O=C(O)C1CCCCC1N1CCN(Cc2ccccc2)CC1. The average molecular weight is 1530 g/mol. The van der Waals surface area contributed by atoms with Crippen LogP contribution in [0.2, 0.25) is 0 Å². The zero-order valence-electron chi connectivity index (χ0n) is 66.2. The molecule has 22 nitrogen and oxygen atoms in total. The van der Waals surface area contributed by atoms with E-state index in [2.05, 4.69) is 141 Å². The van der Waals surface area contributed by atoms with Crippen molar-refractivity contribution in [1.29, 1.82) is 0 Å². The standard InChI is InChI=1S/C26H34N4O2.C19H28N4O2.C19H28N2O.C18H26N2O2.C8H10N2O/c27-25(31)24(21-11-5-2-6-12-21)28-26(32)22-13-7-8-14-23(22)30-17-15-29(16-18-30)19-20-9-3-1-4-10-20;20-18(24)17(14-6-2-1-3-7-14)22-19(25)15-8-4-5-9-16(15)23-12-10-21-11-13-23;1-16(22)18-9-5-6-10-19(18)21-13-11-20(12-14-21)15-17-7-3-2-4-8-17;21-18(22)16-8-4-5-9-17(16)20-12-10-19(11-13-20)14-15-6-2-1-3-7-15;9-7(8(10)11)6-4-2-1-3-5-6/h1-6,9-12,22-24H,7-8,13-19H2,(H2,27,31)(H,28,32);1-3,6-7,15-17,21H,4-5,8-13H2,(H2,20,24)(H,22,25);2-4,7-8,18-19H,5-6,9-15H2,1H3;1-3,6-7,16-17H,4-5,8-14H2,(H,21,22);1-5,7H,9H2,(H2,10,11)/t22?,23?,24-;15?,16?,17-;;;7-/m00..0/s1. The van der Waals surface area contributed by atoms with Crippen LogP contribution in [0.3, 0.4) is 0 Å². The maximum atomic E-state index is 13.3. The molecule has 0 radical (unpaired) electrons.